The summed E-state index contributed by atoms with van der Waals surface area (Å²) < 4.78 is 126. The van der Waals surface area contributed by atoms with Crippen molar-refractivity contribution >= 4 is 40.2 Å². The van der Waals surface area contributed by atoms with E-state index in [1.54, 1.807) is 45.0 Å². The fraction of sp³-hybridized carbons (Fsp3) is 0.312. The molecule has 0 saturated heterocycles. The first-order valence-electron chi connectivity index (χ1n) is 21.0. The van der Waals surface area contributed by atoms with Crippen molar-refractivity contribution in [3.63, 3.8) is 0 Å². The molecule has 3 N–H and O–H groups in total. The Morgan fingerprint density at radius 1 is 0.632 bits per heavy atom. The number of nitrogens with one attached hydrogen (secondary N) is 3. The van der Waals surface area contributed by atoms with Gasteiger partial charge in [-0.1, -0.05) is 36.0 Å². The first-order chi connectivity index (χ1) is 32.0. The summed E-state index contributed by atoms with van der Waals surface area (Å²) in [5.41, 5.74) is -3.96. The van der Waals surface area contributed by atoms with Gasteiger partial charge in [-0.15, -0.1) is 0 Å². The van der Waals surface area contributed by atoms with E-state index in [2.05, 4.69) is 35.3 Å². The molecule has 0 spiro atoms. The molecule has 1 fully saturated rings. The number of rotatable bonds is 12. The van der Waals surface area contributed by atoms with Gasteiger partial charge in [0.2, 0.25) is 0 Å². The molecule has 7 rings (SSSR count). The van der Waals surface area contributed by atoms with Crippen LogP contribution in [0.4, 0.5) is 39.9 Å². The minimum absolute atomic E-state index is 0.0109. The highest BCUT2D eigenvalue weighted by Crippen LogP contribution is 2.40. The monoisotopic (exact) mass is 1010 g/mol. The van der Waals surface area contributed by atoms with Crippen molar-refractivity contribution in [1.82, 2.24) is 35.3 Å². The lowest BCUT2D eigenvalue weighted by Crippen LogP contribution is -2.54. The van der Waals surface area contributed by atoms with Crippen LogP contribution in [0.25, 0.3) is 0 Å². The van der Waals surface area contributed by atoms with Gasteiger partial charge in [0.1, 0.15) is 22.7 Å². The number of amides is 2. The van der Waals surface area contributed by atoms with Gasteiger partial charge < -0.3 is 10.6 Å². The quantitative estimate of drug-likeness (QED) is 0.105. The predicted octanol–water partition coefficient (Wildman–Crippen LogP) is 11.8. The third-order valence-corrected chi connectivity index (χ3v) is 13.1. The van der Waals surface area contributed by atoms with Crippen LogP contribution in [0, 0.1) is 11.6 Å². The summed E-state index contributed by atoms with van der Waals surface area (Å²) in [5.74, 6) is -2.16. The third kappa shape index (κ3) is 13.1. The maximum Gasteiger partial charge on any atom is 0.416 e. The topological polar surface area (TPSA) is 122 Å². The standard InChI is InChI=1S/C25H23ClF4N4O.C23H22ClF4N3OS/c26-19-5-6-22(32-15-19)24(14-16-7-9-31-10-8-16,34-23(35)33-21-3-1-2-4-21)17-11-18(25(28,29)30)13-20(27)12-17;1-21(2,3)33(32)31-22(13-15-6-8-29-9-7-15,20-5-4-18(24)14-30-20)16-10-17(23(26,27)28)12-19(25)11-16/h5-13,15,21H,1-4,14H2,(H2,33,34,35);4-12,14,31H,13H2,1-3H3/t24-;22-,33-/m00/s1. The van der Waals surface area contributed by atoms with E-state index in [-0.39, 0.29) is 41.4 Å². The predicted molar refractivity (Wildman–Crippen MR) is 244 cm³/mol. The number of hydrogen-bond donors (Lipinski definition) is 3. The van der Waals surface area contributed by atoms with E-state index in [9.17, 15) is 44.1 Å². The number of benzene rings is 2. The Kier molecular flexibility index (Phi) is 16.3. The van der Waals surface area contributed by atoms with E-state index in [4.69, 9.17) is 23.2 Å². The number of urea groups is 1. The number of carbonyl (C=O) groups excluding carboxylic acids is 1. The minimum atomic E-state index is -4.79. The van der Waals surface area contributed by atoms with Gasteiger partial charge in [0, 0.05) is 56.1 Å². The zero-order chi connectivity index (χ0) is 49.5. The number of hydrogen-bond acceptors (Lipinski definition) is 6. The van der Waals surface area contributed by atoms with E-state index >= 15 is 0 Å². The Balaban J connectivity index is 0.000000224. The van der Waals surface area contributed by atoms with Crippen molar-refractivity contribution in [3.8, 4) is 0 Å². The van der Waals surface area contributed by atoms with Crippen molar-refractivity contribution < 1.29 is 44.1 Å². The van der Waals surface area contributed by atoms with E-state index < -0.39 is 68.0 Å². The summed E-state index contributed by atoms with van der Waals surface area (Å²) in [6, 6.07) is 16.7. The zero-order valence-corrected chi connectivity index (χ0v) is 39.0. The Morgan fingerprint density at radius 3 is 1.46 bits per heavy atom. The SMILES string of the molecule is CC(C)(C)[S@](=O)N[C@@](Cc1ccncc1)(c1cc(F)cc(C(F)(F)F)c1)c1ccc(Cl)cn1.O=C(NC1CCCC1)N[C@@](Cc1ccncc1)(c1cc(F)cc(C(F)(F)F)c1)c1ccc(Cl)cn1. The van der Waals surface area contributed by atoms with Crippen LogP contribution in [0.15, 0.2) is 122 Å². The summed E-state index contributed by atoms with van der Waals surface area (Å²) in [6.07, 6.45) is 2.79. The molecule has 4 heterocycles. The number of carbonyl (C=O) groups is 1. The van der Waals surface area contributed by atoms with Gasteiger partial charge in [0.25, 0.3) is 0 Å². The van der Waals surface area contributed by atoms with Gasteiger partial charge in [-0.3, -0.25) is 19.9 Å². The number of halogens is 10. The van der Waals surface area contributed by atoms with E-state index in [0.717, 1.165) is 49.9 Å². The smallest absolute Gasteiger partial charge is 0.335 e. The van der Waals surface area contributed by atoms with E-state index in [1.165, 1.54) is 61.4 Å². The van der Waals surface area contributed by atoms with Gasteiger partial charge in [0.15, 0.2) is 0 Å². The average Bonchev–Trinajstić information content (AvgIpc) is 3.79. The third-order valence-electron chi connectivity index (χ3n) is 11.0. The van der Waals surface area contributed by atoms with Crippen LogP contribution in [-0.4, -0.2) is 41.0 Å². The van der Waals surface area contributed by atoms with Crippen LogP contribution in [-0.2, 0) is 47.3 Å². The first-order valence-corrected chi connectivity index (χ1v) is 22.9. The van der Waals surface area contributed by atoms with Gasteiger partial charge in [0.05, 0.1) is 48.3 Å². The molecule has 0 aliphatic heterocycles. The number of aromatic nitrogens is 4. The van der Waals surface area contributed by atoms with E-state index in [0.29, 0.717) is 33.3 Å². The summed E-state index contributed by atoms with van der Waals surface area (Å²) in [6.45, 7) is 5.15. The maximum absolute atomic E-state index is 14.6. The van der Waals surface area contributed by atoms with Gasteiger partial charge in [-0.25, -0.2) is 22.5 Å². The molecule has 3 atom stereocenters. The molecule has 20 heteroatoms. The lowest BCUT2D eigenvalue weighted by atomic mass is 9.80. The summed E-state index contributed by atoms with van der Waals surface area (Å²) in [7, 11) is -1.76. The molecular formula is C48H45Cl2F8N7O2S. The van der Waals surface area contributed by atoms with E-state index in [1.807, 2.05) is 0 Å². The van der Waals surface area contributed by atoms with Crippen molar-refractivity contribution in [2.24, 2.45) is 0 Å². The second-order valence-corrected chi connectivity index (χ2v) is 20.0. The van der Waals surface area contributed by atoms with Crippen molar-refractivity contribution in [3.05, 3.63) is 189 Å². The van der Waals surface area contributed by atoms with Gasteiger partial charge >= 0.3 is 18.4 Å². The molecule has 2 aromatic carbocycles. The van der Waals surface area contributed by atoms with Crippen molar-refractivity contribution in [1.29, 1.82) is 0 Å². The fourth-order valence-corrected chi connectivity index (χ4v) is 8.82. The van der Waals surface area contributed by atoms with Gasteiger partial charge in [-0.2, -0.15) is 26.3 Å². The summed E-state index contributed by atoms with van der Waals surface area (Å²) >= 11 is 12.0. The Morgan fingerprint density at radius 2 is 1.04 bits per heavy atom. The highest BCUT2D eigenvalue weighted by Gasteiger charge is 2.44. The molecule has 1 saturated carbocycles. The lowest BCUT2D eigenvalue weighted by molar-refractivity contribution is -0.138. The average molecular weight is 1010 g/mol. The second kappa shape index (κ2) is 21.4. The van der Waals surface area contributed by atoms with Crippen LogP contribution in [0.1, 0.15) is 91.2 Å². The summed E-state index contributed by atoms with van der Waals surface area (Å²) in [5, 5.41) is 6.36. The molecule has 6 aromatic rings. The van der Waals surface area contributed by atoms with Crippen molar-refractivity contribution in [2.45, 2.75) is 93.5 Å². The molecule has 0 bridgehead atoms. The van der Waals surface area contributed by atoms with Gasteiger partial charge in [-0.05, 0) is 141 Å². The summed E-state index contributed by atoms with van der Waals surface area (Å²) in [4.78, 5) is 29.8. The first kappa shape index (κ1) is 51.8. The van der Waals surface area contributed by atoms with Crippen molar-refractivity contribution in [2.75, 3.05) is 0 Å². The molecule has 1 aliphatic carbocycles. The van der Waals surface area contributed by atoms with Crippen LogP contribution >= 0.6 is 23.2 Å². The molecule has 0 radical (unpaired) electrons. The second-order valence-electron chi connectivity index (χ2n) is 17.1. The number of pyridine rings is 4. The molecule has 68 heavy (non-hydrogen) atoms. The lowest BCUT2D eigenvalue weighted by Gasteiger charge is -2.37. The fourth-order valence-electron chi connectivity index (χ4n) is 7.68. The molecule has 2 amide bonds. The Labute approximate surface area is 400 Å². The zero-order valence-electron chi connectivity index (χ0n) is 36.7. The number of nitrogens with zero attached hydrogens (tertiary/aromatic N) is 4. The van der Waals surface area contributed by atoms with Crippen LogP contribution < -0.4 is 15.4 Å². The Hall–Kier alpha value is -5.56. The molecular weight excluding hydrogens is 962 g/mol. The molecule has 9 nitrogen and oxygen atoms in total. The highest BCUT2D eigenvalue weighted by molar-refractivity contribution is 7.84. The molecule has 4 aromatic heterocycles. The van der Waals surface area contributed by atoms with Crippen LogP contribution in [0.3, 0.4) is 0 Å². The van der Waals surface area contributed by atoms with Crippen LogP contribution in [0.5, 0.6) is 0 Å². The normalized spacial score (nSPS) is 15.6. The Bertz CT molecular complexity index is 2670. The highest BCUT2D eigenvalue weighted by atomic mass is 35.5. The molecule has 360 valence electrons. The minimum Gasteiger partial charge on any atom is -0.335 e. The molecule has 0 unspecified atom stereocenters. The number of alkyl halides is 6. The van der Waals surface area contributed by atoms with Crippen LogP contribution in [0.2, 0.25) is 10.0 Å². The largest absolute Gasteiger partial charge is 0.416 e. The molecule has 1 aliphatic rings. The maximum atomic E-state index is 14.6.